The molecule has 1 atom stereocenters. The minimum absolute atomic E-state index is 0.0631. The minimum atomic E-state index is -0.135. The van der Waals surface area contributed by atoms with Gasteiger partial charge in [0.15, 0.2) is 0 Å². The smallest absolute Gasteiger partial charge is 0.253 e. The van der Waals surface area contributed by atoms with Gasteiger partial charge in [-0.15, -0.1) is 0 Å². The molecule has 3 aromatic rings. The highest BCUT2D eigenvalue weighted by Crippen LogP contribution is 2.42. The molecule has 8 nitrogen and oxygen atoms in total. The summed E-state index contributed by atoms with van der Waals surface area (Å²) in [6, 6.07) is 8.95. The highest BCUT2D eigenvalue weighted by atomic mass is 16.2. The maximum Gasteiger partial charge on any atom is 0.253 e. The minimum Gasteiger partial charge on any atom is -0.354 e. The quantitative estimate of drug-likeness (QED) is 0.452. The van der Waals surface area contributed by atoms with Gasteiger partial charge in [-0.05, 0) is 69.0 Å². The van der Waals surface area contributed by atoms with E-state index >= 15 is 0 Å². The number of likely N-dealkylation sites (N-methyl/N-ethyl adjacent to an activating group) is 1. The summed E-state index contributed by atoms with van der Waals surface area (Å²) in [6.07, 6.45) is 11.2. The third-order valence-electron chi connectivity index (χ3n) is 8.61. The van der Waals surface area contributed by atoms with Crippen molar-refractivity contribution in [2.45, 2.75) is 64.5 Å². The number of hydrogen-bond donors (Lipinski definition) is 2. The molecule has 1 amide bonds. The van der Waals surface area contributed by atoms with Crippen LogP contribution in [-0.2, 0) is 24.2 Å². The molecule has 2 aliphatic carbocycles. The second kappa shape index (κ2) is 11.1. The van der Waals surface area contributed by atoms with Gasteiger partial charge in [-0.25, -0.2) is 4.98 Å². The predicted octanol–water partition coefficient (Wildman–Crippen LogP) is 3.96. The molecule has 0 radical (unpaired) electrons. The van der Waals surface area contributed by atoms with Crippen LogP contribution in [0.4, 0.5) is 5.82 Å². The number of carbonyl (C=O) groups excluding carboxylic acids is 1. The number of carbonyl (C=O) groups is 1. The fourth-order valence-electron chi connectivity index (χ4n) is 6.18. The second-order valence-corrected chi connectivity index (χ2v) is 11.7. The Labute approximate surface area is 236 Å². The van der Waals surface area contributed by atoms with E-state index in [0.29, 0.717) is 17.2 Å². The van der Waals surface area contributed by atoms with E-state index < -0.39 is 0 Å². The summed E-state index contributed by atoms with van der Waals surface area (Å²) in [5.41, 5.74) is 6.43. The van der Waals surface area contributed by atoms with Crippen LogP contribution in [0.25, 0.3) is 5.57 Å². The summed E-state index contributed by atoms with van der Waals surface area (Å²) in [5.74, 6) is 0.944. The average Bonchev–Trinajstić information content (AvgIpc) is 3.71. The van der Waals surface area contributed by atoms with Crippen molar-refractivity contribution in [2.75, 3.05) is 38.1 Å². The first-order chi connectivity index (χ1) is 19.4. The molecule has 0 spiro atoms. The van der Waals surface area contributed by atoms with Crippen LogP contribution in [0.2, 0.25) is 0 Å². The van der Waals surface area contributed by atoms with Gasteiger partial charge in [-0.2, -0.15) is 0 Å². The maximum absolute atomic E-state index is 13.7. The highest BCUT2D eigenvalue weighted by Gasteiger charge is 2.32. The molecule has 0 bridgehead atoms. The van der Waals surface area contributed by atoms with Crippen LogP contribution in [-0.4, -0.2) is 58.6 Å². The van der Waals surface area contributed by atoms with Gasteiger partial charge in [0.2, 0.25) is 0 Å². The second-order valence-electron chi connectivity index (χ2n) is 11.7. The number of hydrogen-bond acceptors (Lipinski definition) is 5. The van der Waals surface area contributed by atoms with E-state index in [1.165, 1.54) is 18.5 Å². The summed E-state index contributed by atoms with van der Waals surface area (Å²) in [6.45, 7) is 8.27. The monoisotopic (exact) mass is 540 g/mol. The number of piperazine rings is 1. The molecule has 2 N–H and O–H groups in total. The van der Waals surface area contributed by atoms with Crippen LogP contribution < -0.4 is 15.8 Å². The van der Waals surface area contributed by atoms with Crippen LogP contribution in [0.15, 0.2) is 47.5 Å². The number of allylic oxidation sites excluding steroid dienone is 1. The fourth-order valence-corrected chi connectivity index (χ4v) is 6.18. The first kappa shape index (κ1) is 26.6. The summed E-state index contributed by atoms with van der Waals surface area (Å²) in [7, 11) is 2.16. The summed E-state index contributed by atoms with van der Waals surface area (Å²) < 4.78 is 2.37. The molecule has 1 saturated carbocycles. The highest BCUT2D eigenvalue weighted by molar-refractivity contribution is 6.20. The van der Waals surface area contributed by atoms with Gasteiger partial charge in [0, 0.05) is 85.2 Å². The molecule has 3 aliphatic rings. The van der Waals surface area contributed by atoms with Gasteiger partial charge in [-0.1, -0.05) is 25.5 Å². The average molecular weight is 541 g/mol. The fraction of sp³-hybridized carbons (Fsp3) is 0.469. The zero-order chi connectivity index (χ0) is 27.8. The number of pyridine rings is 2. The number of aromatic nitrogens is 3. The van der Waals surface area contributed by atoms with Gasteiger partial charge in [0.05, 0.1) is 0 Å². The van der Waals surface area contributed by atoms with Crippen molar-refractivity contribution in [1.82, 2.24) is 24.8 Å². The lowest BCUT2D eigenvalue weighted by atomic mass is 9.84. The van der Waals surface area contributed by atoms with E-state index in [2.05, 4.69) is 69.1 Å². The summed E-state index contributed by atoms with van der Waals surface area (Å²) >= 11 is 0. The van der Waals surface area contributed by atoms with Crippen LogP contribution >= 0.6 is 0 Å². The third kappa shape index (κ3) is 5.37. The Bertz CT molecular complexity index is 1470. The molecule has 3 aromatic heterocycles. The van der Waals surface area contributed by atoms with Crippen LogP contribution in [0.5, 0.6) is 0 Å². The number of aryl methyl sites for hydroxylation is 2. The number of aromatic amines is 1. The molecule has 8 heteroatoms. The lowest BCUT2D eigenvalue weighted by Crippen LogP contribution is -2.44. The van der Waals surface area contributed by atoms with Crippen LogP contribution in [0, 0.1) is 6.92 Å². The van der Waals surface area contributed by atoms with Crippen molar-refractivity contribution >= 4 is 17.3 Å². The Hall–Kier alpha value is -3.65. The molecule has 0 aromatic carbocycles. The molecule has 2 fully saturated rings. The van der Waals surface area contributed by atoms with Crippen molar-refractivity contribution in [3.8, 4) is 0 Å². The lowest BCUT2D eigenvalue weighted by Gasteiger charge is -2.33. The standard InChI is InChI=1S/C32H40N6O2/c1-4-5-22-16-21(2)35-32(40)28(22)20-34-31(39)27-17-24(18-29-26(27)10-11-38(29)25-7-8-25)23-6-9-30(33-19-23)37-14-12-36(3)13-15-37/h6,9-11,16-17,19,24-25H,4-5,7-8,12-15,18,20H2,1-3H3,(H,34,39)(H,35,40). The van der Waals surface area contributed by atoms with E-state index in [0.717, 1.165) is 73.6 Å². The summed E-state index contributed by atoms with van der Waals surface area (Å²) in [4.78, 5) is 38.9. The van der Waals surface area contributed by atoms with Crippen LogP contribution in [0.3, 0.4) is 0 Å². The van der Waals surface area contributed by atoms with E-state index in [1.807, 2.05) is 19.2 Å². The zero-order valence-corrected chi connectivity index (χ0v) is 23.9. The number of nitrogens with one attached hydrogen (secondary N) is 2. The summed E-state index contributed by atoms with van der Waals surface area (Å²) in [5, 5.41) is 3.09. The van der Waals surface area contributed by atoms with Gasteiger partial charge in [0.1, 0.15) is 5.82 Å². The molecule has 6 rings (SSSR count). The molecule has 1 aliphatic heterocycles. The van der Waals surface area contributed by atoms with Crippen molar-refractivity contribution in [1.29, 1.82) is 0 Å². The molecule has 210 valence electrons. The number of nitrogens with zero attached hydrogens (tertiary/aromatic N) is 4. The normalized spacial score (nSPS) is 19.3. The Morgan fingerprint density at radius 2 is 1.95 bits per heavy atom. The number of fused-ring (bicyclic) bond motifs is 1. The Kier molecular flexibility index (Phi) is 7.36. The largest absolute Gasteiger partial charge is 0.354 e. The number of rotatable bonds is 8. The predicted molar refractivity (Wildman–Crippen MR) is 159 cm³/mol. The zero-order valence-electron chi connectivity index (χ0n) is 23.9. The van der Waals surface area contributed by atoms with Gasteiger partial charge < -0.3 is 24.7 Å². The Morgan fingerprint density at radius 3 is 2.65 bits per heavy atom. The van der Waals surface area contributed by atoms with Crippen molar-refractivity contribution in [3.05, 3.63) is 86.7 Å². The lowest BCUT2D eigenvalue weighted by molar-refractivity contribution is -0.115. The Morgan fingerprint density at radius 1 is 1.15 bits per heavy atom. The van der Waals surface area contributed by atoms with Gasteiger partial charge in [0.25, 0.3) is 11.5 Å². The van der Waals surface area contributed by atoms with Crippen molar-refractivity contribution < 1.29 is 4.79 Å². The van der Waals surface area contributed by atoms with Gasteiger partial charge in [-0.3, -0.25) is 9.59 Å². The molecule has 4 heterocycles. The third-order valence-corrected chi connectivity index (χ3v) is 8.61. The first-order valence-corrected chi connectivity index (χ1v) is 14.7. The first-order valence-electron chi connectivity index (χ1n) is 14.7. The van der Waals surface area contributed by atoms with E-state index in [4.69, 9.17) is 4.98 Å². The van der Waals surface area contributed by atoms with Gasteiger partial charge >= 0.3 is 0 Å². The molecular formula is C32H40N6O2. The van der Waals surface area contributed by atoms with E-state index in [-0.39, 0.29) is 23.9 Å². The van der Waals surface area contributed by atoms with E-state index in [1.54, 1.807) is 0 Å². The van der Waals surface area contributed by atoms with Crippen molar-refractivity contribution in [2.24, 2.45) is 0 Å². The number of anilines is 1. The molecule has 1 saturated heterocycles. The van der Waals surface area contributed by atoms with Crippen LogP contribution in [0.1, 0.15) is 71.8 Å². The van der Waals surface area contributed by atoms with E-state index in [9.17, 15) is 9.59 Å². The number of H-pyrrole nitrogens is 1. The SMILES string of the molecule is CCCc1cc(C)[nH]c(=O)c1CNC(=O)C1=CC(c2ccc(N3CCN(C)CC3)nc2)Cc2c1ccn2C1CC1. The van der Waals surface area contributed by atoms with Crippen molar-refractivity contribution in [3.63, 3.8) is 0 Å². The Balaban J connectivity index is 1.26. The number of amides is 1. The molecule has 1 unspecified atom stereocenters. The molecule has 40 heavy (non-hydrogen) atoms. The maximum atomic E-state index is 13.7. The molecular weight excluding hydrogens is 500 g/mol. The topological polar surface area (TPSA) is 86.3 Å².